The van der Waals surface area contributed by atoms with Gasteiger partial charge in [-0.3, -0.25) is 14.9 Å². The lowest BCUT2D eigenvalue weighted by molar-refractivity contribution is -0.387. The van der Waals surface area contributed by atoms with Crippen molar-refractivity contribution in [3.63, 3.8) is 0 Å². The minimum absolute atomic E-state index is 0.208. The predicted octanol–water partition coefficient (Wildman–Crippen LogP) is 3.40. The van der Waals surface area contributed by atoms with Gasteiger partial charge in [-0.15, -0.1) is 0 Å². The first-order chi connectivity index (χ1) is 14.2. The number of nitro groups is 1. The zero-order chi connectivity index (χ0) is 22.0. The maximum absolute atomic E-state index is 13.8. The monoisotopic (exact) mass is 411 g/mol. The van der Waals surface area contributed by atoms with E-state index in [0.29, 0.717) is 11.3 Å². The molecule has 0 aliphatic heterocycles. The number of methoxy groups -OCH3 is 1. The fraction of sp³-hybridized carbons (Fsp3) is 0.143. The second-order valence-corrected chi connectivity index (χ2v) is 6.63. The molecule has 0 saturated heterocycles. The highest BCUT2D eigenvalue weighted by molar-refractivity contribution is 5.89. The number of aromatic nitrogens is 1. The Hall–Kier alpha value is -4.01. The average molecular weight is 411 g/mol. The molecule has 0 spiro atoms. The Bertz CT molecular complexity index is 1190. The summed E-state index contributed by atoms with van der Waals surface area (Å²) in [6.45, 7) is 0. The van der Waals surface area contributed by atoms with Crippen LogP contribution in [0.15, 0.2) is 59.5 Å². The van der Waals surface area contributed by atoms with E-state index in [1.54, 1.807) is 12.1 Å². The minimum Gasteiger partial charge on any atom is -0.465 e. The van der Waals surface area contributed by atoms with Crippen LogP contribution in [0.4, 0.5) is 15.8 Å². The van der Waals surface area contributed by atoms with Crippen LogP contribution >= 0.6 is 0 Å². The molecule has 3 rings (SSSR count). The first-order valence-corrected chi connectivity index (χ1v) is 8.80. The number of rotatable bonds is 5. The van der Waals surface area contributed by atoms with Crippen molar-refractivity contribution >= 4 is 17.3 Å². The standard InChI is InChI=1S/C21H18FN3O5/c1-23(2)14-6-4-13(5-7-14)18-11-20(26)16(21(27)30-3)12-24(18)15-8-9-17(22)19(10-15)25(28)29/h4-12H,1-3H3. The molecule has 0 aliphatic carbocycles. The SMILES string of the molecule is COC(=O)c1cn(-c2ccc(F)c([N+](=O)[O-])c2)c(-c2ccc(N(C)C)cc2)cc1=O. The van der Waals surface area contributed by atoms with Gasteiger partial charge in [0.1, 0.15) is 5.56 Å². The van der Waals surface area contributed by atoms with Gasteiger partial charge in [0, 0.05) is 38.1 Å². The van der Waals surface area contributed by atoms with E-state index in [0.717, 1.165) is 24.9 Å². The van der Waals surface area contributed by atoms with Gasteiger partial charge in [0.05, 0.1) is 23.4 Å². The van der Waals surface area contributed by atoms with Crippen molar-refractivity contribution in [2.24, 2.45) is 0 Å². The summed E-state index contributed by atoms with van der Waals surface area (Å²) < 4.78 is 19.9. The second-order valence-electron chi connectivity index (χ2n) is 6.63. The molecule has 154 valence electrons. The van der Waals surface area contributed by atoms with E-state index in [2.05, 4.69) is 4.74 Å². The third kappa shape index (κ3) is 3.90. The molecule has 30 heavy (non-hydrogen) atoms. The van der Waals surface area contributed by atoms with Crippen molar-refractivity contribution < 1.29 is 18.8 Å². The Labute approximate surface area is 170 Å². The molecular weight excluding hydrogens is 393 g/mol. The number of anilines is 1. The fourth-order valence-electron chi connectivity index (χ4n) is 2.95. The Kier molecular flexibility index (Phi) is 5.63. The van der Waals surface area contributed by atoms with Crippen molar-refractivity contribution in [2.45, 2.75) is 0 Å². The summed E-state index contributed by atoms with van der Waals surface area (Å²) in [7, 11) is 4.91. The largest absolute Gasteiger partial charge is 0.465 e. The number of benzene rings is 2. The quantitative estimate of drug-likeness (QED) is 0.363. The van der Waals surface area contributed by atoms with Gasteiger partial charge in [0.15, 0.2) is 5.43 Å². The number of hydrogen-bond donors (Lipinski definition) is 0. The van der Waals surface area contributed by atoms with Gasteiger partial charge in [-0.2, -0.15) is 4.39 Å². The molecule has 3 aromatic rings. The number of halogens is 1. The molecule has 0 N–H and O–H groups in total. The van der Waals surface area contributed by atoms with Gasteiger partial charge in [-0.25, -0.2) is 4.79 Å². The lowest BCUT2D eigenvalue weighted by atomic mass is 10.1. The summed E-state index contributed by atoms with van der Waals surface area (Å²) in [5.74, 6) is -1.84. The van der Waals surface area contributed by atoms with Crippen LogP contribution in [0.5, 0.6) is 0 Å². The van der Waals surface area contributed by atoms with Crippen LogP contribution in [0.25, 0.3) is 16.9 Å². The molecule has 0 saturated carbocycles. The van der Waals surface area contributed by atoms with Crippen LogP contribution in [-0.2, 0) is 4.74 Å². The third-order valence-corrected chi connectivity index (χ3v) is 4.54. The molecule has 1 heterocycles. The van der Waals surface area contributed by atoms with Crippen molar-refractivity contribution in [3.05, 3.63) is 86.4 Å². The van der Waals surface area contributed by atoms with Crippen LogP contribution in [-0.4, -0.2) is 36.7 Å². The molecule has 0 bridgehead atoms. The number of esters is 1. The van der Waals surface area contributed by atoms with Gasteiger partial charge in [-0.05, 0) is 29.8 Å². The molecule has 0 aliphatic rings. The Morgan fingerprint density at radius 2 is 1.80 bits per heavy atom. The minimum atomic E-state index is -0.991. The van der Waals surface area contributed by atoms with Crippen molar-refractivity contribution in [1.82, 2.24) is 4.57 Å². The van der Waals surface area contributed by atoms with E-state index in [-0.39, 0.29) is 11.3 Å². The molecular formula is C21H18FN3O5. The summed E-state index contributed by atoms with van der Waals surface area (Å²) >= 11 is 0. The molecule has 0 atom stereocenters. The van der Waals surface area contributed by atoms with Gasteiger partial charge >= 0.3 is 11.7 Å². The smallest absolute Gasteiger partial charge is 0.343 e. The molecule has 1 aromatic heterocycles. The number of carbonyl (C=O) groups excluding carboxylic acids is 1. The van der Waals surface area contributed by atoms with Crippen LogP contribution in [0.1, 0.15) is 10.4 Å². The van der Waals surface area contributed by atoms with Crippen molar-refractivity contribution in [2.75, 3.05) is 26.1 Å². The van der Waals surface area contributed by atoms with E-state index >= 15 is 0 Å². The summed E-state index contributed by atoms with van der Waals surface area (Å²) in [5, 5.41) is 11.2. The topological polar surface area (TPSA) is 94.7 Å². The zero-order valence-electron chi connectivity index (χ0n) is 16.5. The van der Waals surface area contributed by atoms with Crippen molar-refractivity contribution in [1.29, 1.82) is 0 Å². The van der Waals surface area contributed by atoms with Gasteiger partial charge in [-0.1, -0.05) is 12.1 Å². The predicted molar refractivity (Wildman–Crippen MR) is 110 cm³/mol. The van der Waals surface area contributed by atoms with Crippen LogP contribution in [0.3, 0.4) is 0 Å². The third-order valence-electron chi connectivity index (χ3n) is 4.54. The molecule has 0 radical (unpaired) electrons. The summed E-state index contributed by atoms with van der Waals surface area (Å²) in [4.78, 5) is 36.7. The lowest BCUT2D eigenvalue weighted by Gasteiger charge is -2.17. The Morgan fingerprint density at radius 3 is 2.37 bits per heavy atom. The zero-order valence-corrected chi connectivity index (χ0v) is 16.5. The maximum Gasteiger partial charge on any atom is 0.343 e. The average Bonchev–Trinajstić information content (AvgIpc) is 2.73. The van der Waals surface area contributed by atoms with Gasteiger partial charge in [0.25, 0.3) is 0 Å². The van der Waals surface area contributed by atoms with E-state index in [1.165, 1.54) is 22.9 Å². The van der Waals surface area contributed by atoms with Gasteiger partial charge in [0.2, 0.25) is 5.82 Å². The van der Waals surface area contributed by atoms with E-state index in [9.17, 15) is 24.1 Å². The highest BCUT2D eigenvalue weighted by Crippen LogP contribution is 2.27. The summed E-state index contributed by atoms with van der Waals surface area (Å²) in [5.41, 5.74) is 0.593. The Morgan fingerprint density at radius 1 is 1.13 bits per heavy atom. The molecule has 8 nitrogen and oxygen atoms in total. The number of ether oxygens (including phenoxy) is 1. The van der Waals surface area contributed by atoms with Crippen molar-refractivity contribution in [3.8, 4) is 16.9 Å². The molecule has 0 unspecified atom stereocenters. The molecule has 0 fully saturated rings. The number of hydrogen-bond acceptors (Lipinski definition) is 6. The number of carbonyl (C=O) groups is 1. The van der Waals surface area contributed by atoms with E-state index < -0.39 is 27.8 Å². The first-order valence-electron chi connectivity index (χ1n) is 8.80. The fourth-order valence-corrected chi connectivity index (χ4v) is 2.95. The molecule has 2 aromatic carbocycles. The first kappa shape index (κ1) is 20.7. The lowest BCUT2D eigenvalue weighted by Crippen LogP contribution is -2.19. The second kappa shape index (κ2) is 8.16. The normalized spacial score (nSPS) is 10.5. The van der Waals surface area contributed by atoms with E-state index in [4.69, 9.17) is 0 Å². The number of nitro benzene ring substituents is 1. The van der Waals surface area contributed by atoms with E-state index in [1.807, 2.05) is 31.1 Å². The van der Waals surface area contributed by atoms with Crippen LogP contribution in [0.2, 0.25) is 0 Å². The summed E-state index contributed by atoms with van der Waals surface area (Å²) in [6.07, 6.45) is 1.24. The van der Waals surface area contributed by atoms with Crippen LogP contribution < -0.4 is 10.3 Å². The maximum atomic E-state index is 13.8. The van der Waals surface area contributed by atoms with Crippen LogP contribution in [0, 0.1) is 15.9 Å². The van der Waals surface area contributed by atoms with Gasteiger partial charge < -0.3 is 14.2 Å². The Balaban J connectivity index is 2.28. The molecule has 9 heteroatoms. The highest BCUT2D eigenvalue weighted by Gasteiger charge is 2.19. The number of pyridine rings is 1. The highest BCUT2D eigenvalue weighted by atomic mass is 19.1. The summed E-state index contributed by atoms with van der Waals surface area (Å²) in [6, 6.07) is 11.8. The molecule has 0 amide bonds. The number of nitrogens with zero attached hydrogens (tertiary/aromatic N) is 3.